The number of benzene rings is 2. The third-order valence-corrected chi connectivity index (χ3v) is 6.96. The number of ketones is 1. The van der Waals surface area contributed by atoms with E-state index in [2.05, 4.69) is 20.6 Å². The Morgan fingerprint density at radius 2 is 1.97 bits per heavy atom. The highest BCUT2D eigenvalue weighted by molar-refractivity contribution is 6.36. The topological polar surface area (TPSA) is 116 Å². The Hall–Kier alpha value is -3.88. The van der Waals surface area contributed by atoms with Gasteiger partial charge in [0, 0.05) is 24.2 Å². The Bertz CT molecular complexity index is 1490. The monoisotopic (exact) mass is 488 g/mol. The lowest BCUT2D eigenvalue weighted by molar-refractivity contribution is -0.120. The first kappa shape index (κ1) is 21.6. The Morgan fingerprint density at radius 3 is 2.71 bits per heavy atom. The number of carbonyl (C=O) groups excluding carboxylic acids is 2. The molecule has 1 aliphatic heterocycles. The van der Waals surface area contributed by atoms with E-state index in [-0.39, 0.29) is 16.7 Å². The molecule has 1 amide bonds. The van der Waals surface area contributed by atoms with Gasteiger partial charge in [-0.2, -0.15) is 0 Å². The fourth-order valence-electron chi connectivity index (χ4n) is 4.89. The zero-order valence-electron chi connectivity index (χ0n) is 18.5. The number of carbonyl (C=O) groups is 2. The number of para-hydroxylation sites is 1. The molecule has 176 valence electrons. The molecule has 3 heterocycles. The minimum atomic E-state index is -0.924. The highest BCUT2D eigenvalue weighted by atomic mass is 35.5. The molecular weight excluding hydrogens is 468 g/mol. The molecule has 1 spiro atoms. The number of pyridine rings is 1. The average molecular weight is 489 g/mol. The van der Waals surface area contributed by atoms with Gasteiger partial charge in [-0.25, -0.2) is 4.98 Å². The molecule has 2 aromatic carbocycles. The number of nitrogens with one attached hydrogen (secondary N) is 3. The van der Waals surface area contributed by atoms with Crippen LogP contribution < -0.4 is 15.4 Å². The van der Waals surface area contributed by atoms with Crippen molar-refractivity contribution < 1.29 is 19.4 Å². The summed E-state index contributed by atoms with van der Waals surface area (Å²) in [6.07, 6.45) is 3.90. The Balaban J connectivity index is 1.37. The highest BCUT2D eigenvalue weighted by Crippen LogP contribution is 2.44. The smallest absolute Gasteiger partial charge is 0.250 e. The molecule has 9 heteroatoms. The van der Waals surface area contributed by atoms with Crippen LogP contribution in [0.3, 0.4) is 0 Å². The summed E-state index contributed by atoms with van der Waals surface area (Å²) in [4.78, 5) is 33.9. The lowest BCUT2D eigenvalue weighted by Gasteiger charge is -2.36. The molecule has 0 unspecified atom stereocenters. The van der Waals surface area contributed by atoms with Crippen molar-refractivity contribution in [2.24, 2.45) is 0 Å². The molecule has 0 bridgehead atoms. The number of aliphatic hydroxyl groups excluding tert-OH is 1. The zero-order valence-corrected chi connectivity index (χ0v) is 19.2. The fraction of sp³-hybridized carbons (Fsp3) is 0.192. The van der Waals surface area contributed by atoms with E-state index in [4.69, 9.17) is 16.3 Å². The van der Waals surface area contributed by atoms with Crippen molar-refractivity contribution in [3.63, 3.8) is 0 Å². The molecule has 1 saturated carbocycles. The summed E-state index contributed by atoms with van der Waals surface area (Å²) in [7, 11) is 0. The number of amides is 1. The molecule has 0 saturated heterocycles. The number of halogens is 1. The average Bonchev–Trinajstić information content (AvgIpc) is 3.45. The van der Waals surface area contributed by atoms with Crippen LogP contribution in [0.25, 0.3) is 11.0 Å². The van der Waals surface area contributed by atoms with Crippen LogP contribution in [0.15, 0.2) is 60.9 Å². The van der Waals surface area contributed by atoms with Crippen molar-refractivity contribution in [2.75, 3.05) is 10.6 Å². The van der Waals surface area contributed by atoms with Crippen LogP contribution >= 0.6 is 11.6 Å². The number of aromatic amines is 1. The van der Waals surface area contributed by atoms with E-state index in [1.807, 2.05) is 30.3 Å². The van der Waals surface area contributed by atoms with Crippen molar-refractivity contribution in [3.8, 4) is 11.5 Å². The number of aliphatic hydroxyl groups is 1. The number of hydrogen-bond acceptors (Lipinski definition) is 6. The van der Waals surface area contributed by atoms with E-state index in [1.165, 1.54) is 0 Å². The number of nitrogens with zero attached hydrogens (tertiary/aromatic N) is 1. The molecule has 35 heavy (non-hydrogen) atoms. The SMILES string of the molecule is O=C(c1ccc(Oc2ccccc2)cc1Cl)c1c[nH]c2ncc3c(c12)N[C@@]1(CC[C@H](O)C1)C(=O)N3. The minimum Gasteiger partial charge on any atom is -0.457 e. The van der Waals surface area contributed by atoms with Gasteiger partial charge in [0.25, 0.3) is 0 Å². The van der Waals surface area contributed by atoms with Crippen LogP contribution in [-0.2, 0) is 4.79 Å². The first-order chi connectivity index (χ1) is 16.9. The van der Waals surface area contributed by atoms with E-state index >= 15 is 0 Å². The molecule has 6 rings (SSSR count). The summed E-state index contributed by atoms with van der Waals surface area (Å²) in [5.74, 6) is 0.683. The lowest BCUT2D eigenvalue weighted by Crippen LogP contribution is -2.51. The predicted molar refractivity (Wildman–Crippen MR) is 132 cm³/mol. The van der Waals surface area contributed by atoms with Gasteiger partial charge in [0.05, 0.1) is 39.6 Å². The second-order valence-corrected chi connectivity index (χ2v) is 9.32. The molecule has 4 N–H and O–H groups in total. The van der Waals surface area contributed by atoms with Gasteiger partial charge in [-0.1, -0.05) is 29.8 Å². The number of anilines is 2. The van der Waals surface area contributed by atoms with E-state index in [0.717, 1.165) is 0 Å². The van der Waals surface area contributed by atoms with Gasteiger partial charge in [0.1, 0.15) is 22.7 Å². The van der Waals surface area contributed by atoms with Gasteiger partial charge in [0.15, 0.2) is 5.78 Å². The number of rotatable bonds is 4. The molecule has 2 aliphatic rings. The van der Waals surface area contributed by atoms with Crippen LogP contribution in [0.2, 0.25) is 5.02 Å². The van der Waals surface area contributed by atoms with E-state index < -0.39 is 11.6 Å². The molecular formula is C26H21ClN4O4. The molecule has 8 nitrogen and oxygen atoms in total. The highest BCUT2D eigenvalue weighted by Gasteiger charge is 2.48. The van der Waals surface area contributed by atoms with Crippen LogP contribution in [0, 0.1) is 0 Å². The normalized spacial score (nSPS) is 21.0. The third-order valence-electron chi connectivity index (χ3n) is 6.65. The summed E-state index contributed by atoms with van der Waals surface area (Å²) in [5, 5.41) is 17.2. The van der Waals surface area contributed by atoms with E-state index in [1.54, 1.807) is 30.6 Å². The van der Waals surface area contributed by atoms with Crippen LogP contribution in [-0.4, -0.2) is 38.4 Å². The van der Waals surface area contributed by atoms with Crippen molar-refractivity contribution in [1.82, 2.24) is 9.97 Å². The van der Waals surface area contributed by atoms with Crippen LogP contribution in [0.1, 0.15) is 35.2 Å². The third kappa shape index (κ3) is 3.62. The second-order valence-electron chi connectivity index (χ2n) is 8.92. The molecule has 4 aromatic rings. The standard InChI is InChI=1S/C26H21ClN4O4/c27-19-10-16(35-15-4-2-1-3-5-15)6-7-17(19)23(33)18-12-28-24-21(18)22-20(13-29-24)30-25(34)26(31-22)9-8-14(32)11-26/h1-7,10,12-14,31-32H,8-9,11H2,(H,28,29)(H,30,34)/t14-,26+/m0/s1. The first-order valence-electron chi connectivity index (χ1n) is 11.3. The van der Waals surface area contributed by atoms with E-state index in [0.29, 0.717) is 64.3 Å². The van der Waals surface area contributed by atoms with Gasteiger partial charge in [-0.3, -0.25) is 9.59 Å². The maximum Gasteiger partial charge on any atom is 0.250 e. The molecule has 1 aliphatic carbocycles. The van der Waals surface area contributed by atoms with Crippen LogP contribution in [0.4, 0.5) is 11.4 Å². The second kappa shape index (κ2) is 8.11. The Labute approximate surface area is 205 Å². The fourth-order valence-corrected chi connectivity index (χ4v) is 5.15. The maximum absolute atomic E-state index is 13.6. The van der Waals surface area contributed by atoms with Gasteiger partial charge in [-0.05, 0) is 37.1 Å². The van der Waals surface area contributed by atoms with Crippen molar-refractivity contribution >= 4 is 45.7 Å². The first-order valence-corrected chi connectivity index (χ1v) is 11.7. The molecule has 0 radical (unpaired) electrons. The van der Waals surface area contributed by atoms with Crippen molar-refractivity contribution in [3.05, 3.63) is 77.1 Å². The van der Waals surface area contributed by atoms with Crippen molar-refractivity contribution in [2.45, 2.75) is 30.9 Å². The summed E-state index contributed by atoms with van der Waals surface area (Å²) < 4.78 is 5.82. The number of hydrogen-bond donors (Lipinski definition) is 4. The Morgan fingerprint density at radius 1 is 1.14 bits per heavy atom. The largest absolute Gasteiger partial charge is 0.457 e. The summed E-state index contributed by atoms with van der Waals surface area (Å²) in [6, 6.07) is 14.2. The molecule has 2 atom stereocenters. The summed E-state index contributed by atoms with van der Waals surface area (Å²) in [5.41, 5.74) is 1.36. The summed E-state index contributed by atoms with van der Waals surface area (Å²) in [6.45, 7) is 0. The van der Waals surface area contributed by atoms with E-state index in [9.17, 15) is 14.7 Å². The number of H-pyrrole nitrogens is 1. The van der Waals surface area contributed by atoms with Gasteiger partial charge >= 0.3 is 0 Å². The Kier molecular flexibility index (Phi) is 5.01. The lowest BCUT2D eigenvalue weighted by atomic mass is 9.92. The van der Waals surface area contributed by atoms with Gasteiger partial charge < -0.3 is 25.5 Å². The van der Waals surface area contributed by atoms with Crippen LogP contribution in [0.5, 0.6) is 11.5 Å². The van der Waals surface area contributed by atoms with Crippen molar-refractivity contribution in [1.29, 1.82) is 0 Å². The number of ether oxygens (including phenoxy) is 1. The minimum absolute atomic E-state index is 0.205. The predicted octanol–water partition coefficient (Wildman–Crippen LogP) is 4.89. The van der Waals surface area contributed by atoms with Gasteiger partial charge in [0.2, 0.25) is 5.91 Å². The maximum atomic E-state index is 13.6. The molecule has 1 fully saturated rings. The zero-order chi connectivity index (χ0) is 24.2. The summed E-state index contributed by atoms with van der Waals surface area (Å²) >= 11 is 6.51. The number of fused-ring (bicyclic) bond motifs is 3. The molecule has 2 aromatic heterocycles. The van der Waals surface area contributed by atoms with Gasteiger partial charge in [-0.15, -0.1) is 0 Å². The number of aromatic nitrogens is 2. The quantitative estimate of drug-likeness (QED) is 0.304.